The number of aryl methyl sites for hydroxylation is 1. The van der Waals surface area contributed by atoms with Gasteiger partial charge in [0.1, 0.15) is 10.9 Å². The molecule has 1 aromatic heterocycles. The Balaban J connectivity index is 1.72. The molecule has 8 heteroatoms. The zero-order valence-corrected chi connectivity index (χ0v) is 18.0. The Labute approximate surface area is 178 Å². The molecule has 1 N–H and O–H groups in total. The number of carbonyl (C=O) groups excluding carboxylic acids is 1. The molecule has 0 saturated heterocycles. The summed E-state index contributed by atoms with van der Waals surface area (Å²) in [5.74, 6) is -0.361. The maximum Gasteiger partial charge on any atom is 0.283 e. The molecule has 0 saturated carbocycles. The Hall–Kier alpha value is -3.00. The van der Waals surface area contributed by atoms with E-state index in [1.165, 1.54) is 22.8 Å². The fourth-order valence-electron chi connectivity index (χ4n) is 3.56. The van der Waals surface area contributed by atoms with Crippen LogP contribution in [0.4, 0.5) is 4.39 Å². The average molecular weight is 424 g/mol. The molecule has 1 aromatic carbocycles. The van der Waals surface area contributed by atoms with E-state index in [1.54, 1.807) is 28.8 Å². The van der Waals surface area contributed by atoms with Gasteiger partial charge in [-0.15, -0.1) is 0 Å². The van der Waals surface area contributed by atoms with Crippen LogP contribution < -0.4 is 0 Å². The molecular weight excluding hydrogens is 401 g/mol. The number of amides is 1. The molecule has 1 amide bonds. The second-order valence-corrected chi connectivity index (χ2v) is 8.77. The minimum absolute atomic E-state index is 0.00644. The number of hydrogen-bond acceptors (Lipinski definition) is 4. The number of rotatable bonds is 4. The van der Waals surface area contributed by atoms with Gasteiger partial charge in [0.25, 0.3) is 5.91 Å². The smallest absolute Gasteiger partial charge is 0.283 e. The number of aromatic nitrogens is 1. The lowest BCUT2D eigenvalue weighted by Crippen LogP contribution is -2.35. The average Bonchev–Trinajstić information content (AvgIpc) is 3.19. The summed E-state index contributed by atoms with van der Waals surface area (Å²) in [6.45, 7) is 7.93. The maximum absolute atomic E-state index is 14.3. The van der Waals surface area contributed by atoms with Gasteiger partial charge in [-0.3, -0.25) is 10.2 Å². The maximum atomic E-state index is 14.3. The number of hydrazone groups is 1. The molecule has 0 radical (unpaired) electrons. The molecule has 2 aromatic rings. The highest BCUT2D eigenvalue weighted by molar-refractivity contribution is 8.26. The summed E-state index contributed by atoms with van der Waals surface area (Å²) >= 11 is 1.34. The van der Waals surface area contributed by atoms with Crippen molar-refractivity contribution in [3.8, 4) is 5.69 Å². The molecular formula is C22H22FN5OS. The minimum atomic E-state index is -0.463. The van der Waals surface area contributed by atoms with Crippen LogP contribution in [0.15, 0.2) is 46.0 Å². The van der Waals surface area contributed by atoms with Crippen molar-refractivity contribution in [3.05, 3.63) is 58.7 Å². The second-order valence-electron chi connectivity index (χ2n) is 7.73. The molecule has 30 heavy (non-hydrogen) atoms. The van der Waals surface area contributed by atoms with Crippen molar-refractivity contribution in [2.45, 2.75) is 34.1 Å². The van der Waals surface area contributed by atoms with Gasteiger partial charge in [0.05, 0.1) is 11.3 Å². The van der Waals surface area contributed by atoms with Crippen molar-refractivity contribution in [3.63, 3.8) is 0 Å². The van der Waals surface area contributed by atoms with Crippen LogP contribution in [0.25, 0.3) is 11.8 Å². The van der Waals surface area contributed by atoms with E-state index >= 15 is 0 Å². The number of aliphatic imine (C=N–C) groups is 1. The predicted molar refractivity (Wildman–Crippen MR) is 120 cm³/mol. The Bertz CT molecular complexity index is 1160. The molecule has 2 aliphatic heterocycles. The highest BCUT2D eigenvalue weighted by Gasteiger charge is 2.35. The van der Waals surface area contributed by atoms with Gasteiger partial charge in [0.15, 0.2) is 5.84 Å². The molecule has 4 rings (SSSR count). The molecule has 6 nitrogen and oxygen atoms in total. The first-order valence-corrected chi connectivity index (χ1v) is 10.5. The molecule has 0 bridgehead atoms. The monoisotopic (exact) mass is 423 g/mol. The normalized spacial score (nSPS) is 17.7. The summed E-state index contributed by atoms with van der Waals surface area (Å²) in [5.41, 5.74) is 2.96. The summed E-state index contributed by atoms with van der Waals surface area (Å²) in [7, 11) is 0. The van der Waals surface area contributed by atoms with Gasteiger partial charge < -0.3 is 4.57 Å². The number of nitrogens with zero attached hydrogens (tertiary/aromatic N) is 4. The van der Waals surface area contributed by atoms with Crippen molar-refractivity contribution in [2.24, 2.45) is 16.0 Å². The molecule has 0 atom stereocenters. The van der Waals surface area contributed by atoms with Crippen LogP contribution in [0.1, 0.15) is 37.2 Å². The third-order valence-electron chi connectivity index (χ3n) is 4.94. The summed E-state index contributed by atoms with van der Waals surface area (Å²) in [6, 6.07) is 8.43. The standard InChI is InChI=1S/C22H22FN5OS/c1-12(2)9-19-26-28-20(24)16(21(29)25-22(28)30-19)11-15-10-13(3)27(14(15)4)18-8-6-5-7-17(18)23/h5-8,10-12,24H,9H2,1-4H3. The summed E-state index contributed by atoms with van der Waals surface area (Å²) in [6.07, 6.45) is 2.41. The van der Waals surface area contributed by atoms with Crippen LogP contribution >= 0.6 is 11.8 Å². The van der Waals surface area contributed by atoms with Gasteiger partial charge in [-0.1, -0.05) is 26.0 Å². The second kappa shape index (κ2) is 7.68. The highest BCUT2D eigenvalue weighted by Crippen LogP contribution is 2.31. The number of fused-ring (bicyclic) bond motifs is 1. The van der Waals surface area contributed by atoms with Crippen molar-refractivity contribution >= 4 is 39.8 Å². The number of hydrogen-bond donors (Lipinski definition) is 1. The number of thioether (sulfide) groups is 1. The predicted octanol–water partition coefficient (Wildman–Crippen LogP) is 4.90. The largest absolute Gasteiger partial charge is 0.315 e. The van der Waals surface area contributed by atoms with E-state index < -0.39 is 5.91 Å². The number of carbonyl (C=O) groups is 1. The number of benzene rings is 1. The Morgan fingerprint density at radius 2 is 2.00 bits per heavy atom. The van der Waals surface area contributed by atoms with Crippen LogP contribution in [0, 0.1) is 31.0 Å². The Kier molecular flexibility index (Phi) is 5.19. The first kappa shape index (κ1) is 20.3. The van der Waals surface area contributed by atoms with Crippen molar-refractivity contribution in [2.75, 3.05) is 0 Å². The van der Waals surface area contributed by atoms with E-state index in [0.717, 1.165) is 28.4 Å². The van der Waals surface area contributed by atoms with E-state index in [2.05, 4.69) is 23.9 Å². The van der Waals surface area contributed by atoms with E-state index in [0.29, 0.717) is 16.8 Å². The van der Waals surface area contributed by atoms with Gasteiger partial charge in [0.2, 0.25) is 5.17 Å². The van der Waals surface area contributed by atoms with Crippen LogP contribution in [-0.2, 0) is 4.79 Å². The number of para-hydroxylation sites is 1. The van der Waals surface area contributed by atoms with E-state index in [4.69, 9.17) is 5.41 Å². The van der Waals surface area contributed by atoms with Gasteiger partial charge in [-0.2, -0.15) is 15.1 Å². The van der Waals surface area contributed by atoms with Crippen LogP contribution in [0.3, 0.4) is 0 Å². The molecule has 0 unspecified atom stereocenters. The third-order valence-corrected chi connectivity index (χ3v) is 5.87. The van der Waals surface area contributed by atoms with Gasteiger partial charge in [-0.05, 0) is 61.4 Å². The summed E-state index contributed by atoms with van der Waals surface area (Å²) in [4.78, 5) is 16.8. The van der Waals surface area contributed by atoms with Crippen molar-refractivity contribution in [1.82, 2.24) is 9.58 Å². The van der Waals surface area contributed by atoms with Gasteiger partial charge >= 0.3 is 0 Å². The molecule has 2 aliphatic rings. The molecule has 0 aliphatic carbocycles. The number of amidine groups is 2. The van der Waals surface area contributed by atoms with Gasteiger partial charge in [0, 0.05) is 17.8 Å². The zero-order valence-electron chi connectivity index (χ0n) is 17.2. The Morgan fingerprint density at radius 1 is 1.27 bits per heavy atom. The quantitative estimate of drug-likeness (QED) is 0.711. The Morgan fingerprint density at radius 3 is 2.70 bits per heavy atom. The molecule has 0 fully saturated rings. The molecule has 3 heterocycles. The lowest BCUT2D eigenvalue weighted by atomic mass is 10.1. The highest BCUT2D eigenvalue weighted by atomic mass is 32.2. The van der Waals surface area contributed by atoms with Crippen LogP contribution in [0.2, 0.25) is 0 Å². The molecule has 0 spiro atoms. The molecule has 154 valence electrons. The van der Waals surface area contributed by atoms with Gasteiger partial charge in [-0.25, -0.2) is 4.39 Å². The topological polar surface area (TPSA) is 73.8 Å². The zero-order chi connectivity index (χ0) is 21.6. The first-order chi connectivity index (χ1) is 14.3. The van der Waals surface area contributed by atoms with E-state index in [1.807, 2.05) is 19.9 Å². The van der Waals surface area contributed by atoms with E-state index in [-0.39, 0.29) is 17.2 Å². The number of halogens is 1. The number of nitrogens with one attached hydrogen (secondary N) is 1. The van der Waals surface area contributed by atoms with Crippen molar-refractivity contribution in [1.29, 1.82) is 5.41 Å². The fourth-order valence-corrected chi connectivity index (χ4v) is 4.65. The summed E-state index contributed by atoms with van der Waals surface area (Å²) < 4.78 is 16.1. The van der Waals surface area contributed by atoms with E-state index in [9.17, 15) is 9.18 Å². The third kappa shape index (κ3) is 3.52. The van der Waals surface area contributed by atoms with Crippen LogP contribution in [-0.4, -0.2) is 31.5 Å². The minimum Gasteiger partial charge on any atom is -0.315 e. The SMILES string of the molecule is Cc1cc(C=C2C(=N)N3N=C(CC(C)C)SC3=NC2=O)c(C)n1-c1ccccc1F. The lowest BCUT2D eigenvalue weighted by molar-refractivity contribution is -0.114. The lowest BCUT2D eigenvalue weighted by Gasteiger charge is -2.20. The van der Waals surface area contributed by atoms with Crippen molar-refractivity contribution < 1.29 is 9.18 Å². The first-order valence-electron chi connectivity index (χ1n) is 9.69. The fraction of sp³-hybridized carbons (Fsp3) is 0.273. The van der Waals surface area contributed by atoms with Crippen LogP contribution in [0.5, 0.6) is 0 Å². The summed E-state index contributed by atoms with van der Waals surface area (Å²) in [5, 5.41) is 15.7.